The Morgan fingerprint density at radius 3 is 2.36 bits per heavy atom. The van der Waals surface area contributed by atoms with E-state index < -0.39 is 0 Å². The van der Waals surface area contributed by atoms with Crippen molar-refractivity contribution in [3.63, 3.8) is 0 Å². The van der Waals surface area contributed by atoms with Crippen LogP contribution in [0.3, 0.4) is 0 Å². The van der Waals surface area contributed by atoms with Gasteiger partial charge in [0.05, 0.1) is 0 Å². The van der Waals surface area contributed by atoms with Gasteiger partial charge in [-0.1, -0.05) is 6.07 Å². The predicted molar refractivity (Wildman–Crippen MR) is 61.3 cm³/mol. The highest BCUT2D eigenvalue weighted by Crippen LogP contribution is 2.23. The van der Waals surface area contributed by atoms with Crippen molar-refractivity contribution in [2.75, 3.05) is 5.73 Å². The van der Waals surface area contributed by atoms with Gasteiger partial charge in [-0.3, -0.25) is 0 Å². The molecule has 1 aromatic carbocycles. The molecule has 2 aromatic rings. The molecule has 0 fully saturated rings. The van der Waals surface area contributed by atoms with Crippen molar-refractivity contribution in [1.29, 1.82) is 0 Å². The molecule has 0 aliphatic rings. The average Bonchev–Trinajstić information content (AvgIpc) is 2.45. The lowest BCUT2D eigenvalue weighted by Crippen LogP contribution is -2.19. The molecular formula is C12H16N2. The van der Waals surface area contributed by atoms with E-state index in [1.54, 1.807) is 0 Å². The van der Waals surface area contributed by atoms with Crippen LogP contribution in [-0.2, 0) is 5.54 Å². The Morgan fingerprint density at radius 2 is 1.71 bits per heavy atom. The predicted octanol–water partition coefficient (Wildman–Crippen LogP) is 2.98. The number of hydrogen-bond acceptors (Lipinski definition) is 1. The van der Waals surface area contributed by atoms with Gasteiger partial charge in [-0.15, -0.1) is 0 Å². The largest absolute Gasteiger partial charge is 0.399 e. The summed E-state index contributed by atoms with van der Waals surface area (Å²) in [6.07, 6.45) is 4.31. The molecule has 1 heterocycles. The summed E-state index contributed by atoms with van der Waals surface area (Å²) in [6, 6.07) is 6.01. The second-order valence-corrected chi connectivity index (χ2v) is 4.72. The van der Waals surface area contributed by atoms with Crippen LogP contribution >= 0.6 is 0 Å². The third kappa shape index (κ3) is 1.48. The number of aromatic nitrogens is 1. The van der Waals surface area contributed by atoms with E-state index in [1.807, 2.05) is 12.1 Å². The van der Waals surface area contributed by atoms with E-state index in [0.29, 0.717) is 0 Å². The maximum atomic E-state index is 5.73. The first-order chi connectivity index (χ1) is 6.47. The molecule has 0 spiro atoms. The number of nitrogens with two attached hydrogens (primary N) is 1. The van der Waals surface area contributed by atoms with Crippen LogP contribution < -0.4 is 5.73 Å². The molecule has 0 amide bonds. The maximum absolute atomic E-state index is 5.73. The molecule has 2 nitrogen and oxygen atoms in total. The van der Waals surface area contributed by atoms with Crippen molar-refractivity contribution in [2.24, 2.45) is 0 Å². The van der Waals surface area contributed by atoms with Gasteiger partial charge in [-0.2, -0.15) is 0 Å². The van der Waals surface area contributed by atoms with Crippen LogP contribution in [0.15, 0.2) is 30.6 Å². The molecule has 2 N–H and O–H groups in total. The van der Waals surface area contributed by atoms with Crippen molar-refractivity contribution in [1.82, 2.24) is 4.57 Å². The topological polar surface area (TPSA) is 30.9 Å². The third-order valence-electron chi connectivity index (χ3n) is 2.44. The summed E-state index contributed by atoms with van der Waals surface area (Å²) in [7, 11) is 0. The van der Waals surface area contributed by atoms with E-state index in [0.717, 1.165) is 5.69 Å². The van der Waals surface area contributed by atoms with Crippen molar-refractivity contribution in [3.05, 3.63) is 30.6 Å². The molecule has 0 atom stereocenters. The van der Waals surface area contributed by atoms with E-state index in [-0.39, 0.29) is 5.54 Å². The highest BCUT2D eigenvalue weighted by atomic mass is 15.0. The van der Waals surface area contributed by atoms with Gasteiger partial charge in [0.15, 0.2) is 0 Å². The minimum absolute atomic E-state index is 0.133. The molecule has 0 saturated carbocycles. The quantitative estimate of drug-likeness (QED) is 0.633. The lowest BCUT2D eigenvalue weighted by atomic mass is 10.1. The first-order valence-corrected chi connectivity index (χ1v) is 4.84. The third-order valence-corrected chi connectivity index (χ3v) is 2.44. The zero-order valence-corrected chi connectivity index (χ0v) is 8.91. The smallest absolute Gasteiger partial charge is 0.0356 e. The molecule has 0 unspecified atom stereocenters. The number of rotatable bonds is 0. The molecule has 0 bridgehead atoms. The monoisotopic (exact) mass is 188 g/mol. The van der Waals surface area contributed by atoms with Crippen LogP contribution in [-0.4, -0.2) is 4.57 Å². The van der Waals surface area contributed by atoms with Crippen LogP contribution in [0.2, 0.25) is 0 Å². The zero-order valence-electron chi connectivity index (χ0n) is 8.91. The highest BCUT2D eigenvalue weighted by Gasteiger charge is 2.12. The zero-order chi connectivity index (χ0) is 10.3. The Bertz CT molecular complexity index is 461. The number of fused-ring (bicyclic) bond motifs is 1. The normalized spacial score (nSPS) is 12.2. The SMILES string of the molecule is CC(C)(C)n1cc2ccc(N)cc2c1. The summed E-state index contributed by atoms with van der Waals surface area (Å²) >= 11 is 0. The van der Waals surface area contributed by atoms with Crippen molar-refractivity contribution < 1.29 is 0 Å². The summed E-state index contributed by atoms with van der Waals surface area (Å²) in [5, 5.41) is 2.45. The molecule has 0 aliphatic carbocycles. The Kier molecular flexibility index (Phi) is 1.81. The van der Waals surface area contributed by atoms with Gasteiger partial charge in [-0.05, 0) is 38.3 Å². The summed E-state index contributed by atoms with van der Waals surface area (Å²) in [5.41, 5.74) is 6.69. The molecule has 74 valence electrons. The number of anilines is 1. The van der Waals surface area contributed by atoms with Gasteiger partial charge < -0.3 is 10.3 Å². The number of nitrogen functional groups attached to an aromatic ring is 1. The lowest BCUT2D eigenvalue weighted by molar-refractivity contribution is 0.399. The van der Waals surface area contributed by atoms with Crippen LogP contribution in [0.1, 0.15) is 20.8 Å². The molecule has 0 aliphatic heterocycles. The van der Waals surface area contributed by atoms with Crippen LogP contribution in [0.4, 0.5) is 5.69 Å². The summed E-state index contributed by atoms with van der Waals surface area (Å²) < 4.78 is 2.22. The van der Waals surface area contributed by atoms with Gasteiger partial charge in [0, 0.05) is 29.0 Å². The Morgan fingerprint density at radius 1 is 1.07 bits per heavy atom. The minimum atomic E-state index is 0.133. The second-order valence-electron chi connectivity index (χ2n) is 4.72. The molecule has 14 heavy (non-hydrogen) atoms. The lowest BCUT2D eigenvalue weighted by Gasteiger charge is -2.20. The second kappa shape index (κ2) is 2.77. The minimum Gasteiger partial charge on any atom is -0.399 e. The Hall–Kier alpha value is -1.44. The van der Waals surface area contributed by atoms with Gasteiger partial charge in [-0.25, -0.2) is 0 Å². The molecule has 2 rings (SSSR count). The average molecular weight is 188 g/mol. The summed E-state index contributed by atoms with van der Waals surface area (Å²) in [4.78, 5) is 0. The van der Waals surface area contributed by atoms with Gasteiger partial charge >= 0.3 is 0 Å². The van der Waals surface area contributed by atoms with Crippen molar-refractivity contribution in [3.8, 4) is 0 Å². The van der Waals surface area contributed by atoms with E-state index in [1.165, 1.54) is 10.8 Å². The van der Waals surface area contributed by atoms with E-state index >= 15 is 0 Å². The number of hydrogen-bond donors (Lipinski definition) is 1. The van der Waals surface area contributed by atoms with E-state index in [4.69, 9.17) is 5.73 Å². The van der Waals surface area contributed by atoms with Gasteiger partial charge in [0.2, 0.25) is 0 Å². The first kappa shape index (κ1) is 9.13. The van der Waals surface area contributed by atoms with E-state index in [9.17, 15) is 0 Å². The number of benzene rings is 1. The highest BCUT2D eigenvalue weighted by molar-refractivity contribution is 5.85. The fourth-order valence-electron chi connectivity index (χ4n) is 1.55. The molecular weight excluding hydrogens is 172 g/mol. The summed E-state index contributed by atoms with van der Waals surface area (Å²) in [6.45, 7) is 6.57. The fourth-order valence-corrected chi connectivity index (χ4v) is 1.55. The Labute approximate surface area is 84.3 Å². The van der Waals surface area contributed by atoms with Crippen molar-refractivity contribution >= 4 is 16.5 Å². The first-order valence-electron chi connectivity index (χ1n) is 4.84. The van der Waals surface area contributed by atoms with Crippen molar-refractivity contribution in [2.45, 2.75) is 26.3 Å². The number of nitrogens with zero attached hydrogens (tertiary/aromatic N) is 1. The molecule has 0 radical (unpaired) electrons. The van der Waals surface area contributed by atoms with Gasteiger partial charge in [0.1, 0.15) is 0 Å². The molecule has 2 heteroatoms. The van der Waals surface area contributed by atoms with Crippen LogP contribution in [0, 0.1) is 0 Å². The molecule has 0 saturated heterocycles. The van der Waals surface area contributed by atoms with Crippen LogP contribution in [0.5, 0.6) is 0 Å². The van der Waals surface area contributed by atoms with Crippen LogP contribution in [0.25, 0.3) is 10.8 Å². The van der Waals surface area contributed by atoms with E-state index in [2.05, 4.69) is 43.8 Å². The Balaban J connectivity index is 2.63. The maximum Gasteiger partial charge on any atom is 0.0356 e. The molecule has 1 aromatic heterocycles. The summed E-state index contributed by atoms with van der Waals surface area (Å²) in [5.74, 6) is 0. The fraction of sp³-hybridized carbons (Fsp3) is 0.333. The van der Waals surface area contributed by atoms with Gasteiger partial charge in [0.25, 0.3) is 0 Å². The standard InChI is InChI=1S/C12H16N2/c1-12(2,3)14-7-9-4-5-11(13)6-10(9)8-14/h4-8H,13H2,1-3H3.